The summed E-state index contributed by atoms with van der Waals surface area (Å²) in [5.41, 5.74) is 0.852. The van der Waals surface area contributed by atoms with Gasteiger partial charge in [-0.2, -0.15) is 4.98 Å². The van der Waals surface area contributed by atoms with E-state index in [1.165, 1.54) is 0 Å². The molecule has 0 fully saturated rings. The molecule has 27 heavy (non-hydrogen) atoms. The van der Waals surface area contributed by atoms with Crippen LogP contribution in [-0.2, 0) is 11.3 Å². The van der Waals surface area contributed by atoms with Crippen molar-refractivity contribution in [2.75, 3.05) is 26.3 Å². The number of halogens is 1. The van der Waals surface area contributed by atoms with Crippen molar-refractivity contribution >= 4 is 17.6 Å². The molecule has 2 aromatic rings. The standard InChI is InChI=1S/C19H28ClN5O2/c1-4-21-19(22-10-5-11-26-13-14(2)3)23-12-17-24-18(25-27-17)15-6-8-16(20)9-7-15/h6-9,14H,4-5,10-13H2,1-3H3,(H2,21,22,23). The molecule has 0 aliphatic carbocycles. The van der Waals surface area contributed by atoms with Gasteiger partial charge in [0.2, 0.25) is 11.7 Å². The quantitative estimate of drug-likeness (QED) is 0.365. The van der Waals surface area contributed by atoms with E-state index >= 15 is 0 Å². The molecule has 0 saturated heterocycles. The molecule has 0 amide bonds. The fourth-order valence-electron chi connectivity index (χ4n) is 2.22. The number of nitrogens with one attached hydrogen (secondary N) is 2. The van der Waals surface area contributed by atoms with Gasteiger partial charge in [-0.25, -0.2) is 4.99 Å². The second kappa shape index (κ2) is 11.6. The number of ether oxygens (including phenoxy) is 1. The van der Waals surface area contributed by atoms with Crippen LogP contribution in [0.3, 0.4) is 0 Å². The zero-order valence-electron chi connectivity index (χ0n) is 16.2. The topological polar surface area (TPSA) is 84.6 Å². The van der Waals surface area contributed by atoms with Crippen molar-refractivity contribution in [1.29, 1.82) is 0 Å². The van der Waals surface area contributed by atoms with E-state index in [2.05, 4.69) is 39.6 Å². The second-order valence-corrected chi connectivity index (χ2v) is 6.90. The number of rotatable bonds is 10. The van der Waals surface area contributed by atoms with Crippen molar-refractivity contribution in [1.82, 2.24) is 20.8 Å². The molecule has 2 rings (SSSR count). The lowest BCUT2D eigenvalue weighted by molar-refractivity contribution is 0.108. The summed E-state index contributed by atoms with van der Waals surface area (Å²) < 4.78 is 10.9. The third kappa shape index (κ3) is 7.97. The normalized spacial score (nSPS) is 11.8. The van der Waals surface area contributed by atoms with Gasteiger partial charge in [0.25, 0.3) is 0 Å². The van der Waals surface area contributed by atoms with Crippen molar-refractivity contribution in [3.63, 3.8) is 0 Å². The van der Waals surface area contributed by atoms with E-state index in [0.717, 1.165) is 38.3 Å². The summed E-state index contributed by atoms with van der Waals surface area (Å²) in [4.78, 5) is 8.86. The molecule has 0 bridgehead atoms. The number of nitrogens with zero attached hydrogens (tertiary/aromatic N) is 3. The largest absolute Gasteiger partial charge is 0.381 e. The smallest absolute Gasteiger partial charge is 0.248 e. The van der Waals surface area contributed by atoms with Gasteiger partial charge in [-0.1, -0.05) is 30.6 Å². The molecule has 1 heterocycles. The molecule has 0 radical (unpaired) electrons. The first kappa shape index (κ1) is 21.2. The predicted octanol–water partition coefficient (Wildman–Crippen LogP) is 3.51. The third-order valence-corrected chi connectivity index (χ3v) is 3.75. The lowest BCUT2D eigenvalue weighted by Gasteiger charge is -2.11. The average molecular weight is 394 g/mol. The molecular weight excluding hydrogens is 366 g/mol. The minimum absolute atomic E-state index is 0.305. The summed E-state index contributed by atoms with van der Waals surface area (Å²) in [6.07, 6.45) is 0.915. The number of benzene rings is 1. The summed E-state index contributed by atoms with van der Waals surface area (Å²) in [6, 6.07) is 7.30. The van der Waals surface area contributed by atoms with Crippen LogP contribution in [0.5, 0.6) is 0 Å². The molecule has 0 aliphatic rings. The zero-order chi connectivity index (χ0) is 19.5. The van der Waals surface area contributed by atoms with E-state index in [-0.39, 0.29) is 0 Å². The molecule has 0 unspecified atom stereocenters. The van der Waals surface area contributed by atoms with Crippen LogP contribution in [-0.4, -0.2) is 42.4 Å². The fraction of sp³-hybridized carbons (Fsp3) is 0.526. The van der Waals surface area contributed by atoms with Crippen LogP contribution in [0, 0.1) is 5.92 Å². The molecule has 0 aliphatic heterocycles. The Labute approximate surface area is 165 Å². The van der Waals surface area contributed by atoms with E-state index in [1.54, 1.807) is 12.1 Å². The van der Waals surface area contributed by atoms with Gasteiger partial charge in [0.1, 0.15) is 6.54 Å². The highest BCUT2D eigenvalue weighted by Gasteiger charge is 2.08. The van der Waals surface area contributed by atoms with E-state index < -0.39 is 0 Å². The van der Waals surface area contributed by atoms with Crippen LogP contribution in [0.15, 0.2) is 33.8 Å². The summed E-state index contributed by atoms with van der Waals surface area (Å²) in [5, 5.41) is 11.1. The van der Waals surface area contributed by atoms with Crippen LogP contribution in [0.2, 0.25) is 5.02 Å². The van der Waals surface area contributed by atoms with Gasteiger partial charge >= 0.3 is 0 Å². The number of hydrogen-bond donors (Lipinski definition) is 2. The van der Waals surface area contributed by atoms with Gasteiger partial charge < -0.3 is 19.9 Å². The van der Waals surface area contributed by atoms with Crippen LogP contribution >= 0.6 is 11.6 Å². The van der Waals surface area contributed by atoms with Gasteiger partial charge in [-0.3, -0.25) is 0 Å². The van der Waals surface area contributed by atoms with Crippen LogP contribution in [0.25, 0.3) is 11.4 Å². The van der Waals surface area contributed by atoms with Crippen molar-refractivity contribution in [2.24, 2.45) is 10.9 Å². The van der Waals surface area contributed by atoms with Crippen molar-refractivity contribution in [3.8, 4) is 11.4 Å². The number of aromatic nitrogens is 2. The zero-order valence-corrected chi connectivity index (χ0v) is 16.9. The first-order valence-electron chi connectivity index (χ1n) is 9.27. The third-order valence-electron chi connectivity index (χ3n) is 3.50. The lowest BCUT2D eigenvalue weighted by Crippen LogP contribution is -2.38. The van der Waals surface area contributed by atoms with Crippen LogP contribution in [0.1, 0.15) is 33.1 Å². The number of guanidine groups is 1. The maximum Gasteiger partial charge on any atom is 0.248 e. The van der Waals surface area contributed by atoms with E-state index in [0.29, 0.717) is 35.2 Å². The SMILES string of the molecule is CCNC(=NCc1nc(-c2ccc(Cl)cc2)no1)NCCCOCC(C)C. The molecule has 0 saturated carbocycles. The number of aliphatic imine (C=N–C) groups is 1. The van der Waals surface area contributed by atoms with Gasteiger partial charge in [0.15, 0.2) is 5.96 Å². The molecule has 7 nitrogen and oxygen atoms in total. The summed E-state index contributed by atoms with van der Waals surface area (Å²) in [6.45, 7) is 9.70. The second-order valence-electron chi connectivity index (χ2n) is 6.46. The fourth-order valence-corrected chi connectivity index (χ4v) is 2.35. The van der Waals surface area contributed by atoms with E-state index in [1.807, 2.05) is 19.1 Å². The Morgan fingerprint density at radius 1 is 1.26 bits per heavy atom. The van der Waals surface area contributed by atoms with Crippen LogP contribution < -0.4 is 10.6 Å². The lowest BCUT2D eigenvalue weighted by atomic mass is 10.2. The molecular formula is C19H28ClN5O2. The minimum Gasteiger partial charge on any atom is -0.381 e. The molecule has 1 aromatic heterocycles. The summed E-state index contributed by atoms with van der Waals surface area (Å²) in [5.74, 6) is 2.26. The molecule has 148 valence electrons. The van der Waals surface area contributed by atoms with Crippen LogP contribution in [0.4, 0.5) is 0 Å². The molecule has 0 spiro atoms. The van der Waals surface area contributed by atoms with Gasteiger partial charge in [0, 0.05) is 36.9 Å². The minimum atomic E-state index is 0.305. The molecule has 1 aromatic carbocycles. The Morgan fingerprint density at radius 2 is 2.04 bits per heavy atom. The van der Waals surface area contributed by atoms with Gasteiger partial charge in [-0.15, -0.1) is 0 Å². The Morgan fingerprint density at radius 3 is 2.74 bits per heavy atom. The maximum absolute atomic E-state index is 5.90. The maximum atomic E-state index is 5.90. The highest BCUT2D eigenvalue weighted by atomic mass is 35.5. The van der Waals surface area contributed by atoms with Gasteiger partial charge in [-0.05, 0) is 43.5 Å². The van der Waals surface area contributed by atoms with Crippen molar-refractivity contribution < 1.29 is 9.26 Å². The molecule has 0 atom stereocenters. The van der Waals surface area contributed by atoms with E-state index in [4.69, 9.17) is 20.9 Å². The Bertz CT molecular complexity index is 700. The van der Waals surface area contributed by atoms with Crippen molar-refractivity contribution in [3.05, 3.63) is 35.2 Å². The Kier molecular flexibility index (Phi) is 9.07. The first-order valence-corrected chi connectivity index (χ1v) is 9.64. The number of hydrogen-bond acceptors (Lipinski definition) is 5. The highest BCUT2D eigenvalue weighted by molar-refractivity contribution is 6.30. The van der Waals surface area contributed by atoms with Gasteiger partial charge in [0.05, 0.1) is 0 Å². The monoisotopic (exact) mass is 393 g/mol. The summed E-state index contributed by atoms with van der Waals surface area (Å²) in [7, 11) is 0. The Hall–Kier alpha value is -2.12. The Balaban J connectivity index is 1.82. The highest BCUT2D eigenvalue weighted by Crippen LogP contribution is 2.18. The van der Waals surface area contributed by atoms with Crippen molar-refractivity contribution in [2.45, 2.75) is 33.7 Å². The van der Waals surface area contributed by atoms with E-state index in [9.17, 15) is 0 Å². The first-order chi connectivity index (χ1) is 13.1. The average Bonchev–Trinajstić information content (AvgIpc) is 3.11. The predicted molar refractivity (Wildman–Crippen MR) is 108 cm³/mol. The summed E-state index contributed by atoms with van der Waals surface area (Å²) >= 11 is 5.90. The molecule has 8 heteroatoms. The molecule has 2 N–H and O–H groups in total.